The lowest BCUT2D eigenvalue weighted by atomic mass is 9.89. The van der Waals surface area contributed by atoms with Crippen molar-refractivity contribution in [2.45, 2.75) is 37.3 Å². The van der Waals surface area contributed by atoms with Crippen molar-refractivity contribution in [2.24, 2.45) is 0 Å². The Bertz CT molecular complexity index is 736. The van der Waals surface area contributed by atoms with Crippen molar-refractivity contribution in [3.63, 3.8) is 0 Å². The first-order chi connectivity index (χ1) is 12.5. The van der Waals surface area contributed by atoms with Crippen LogP contribution in [0.1, 0.15) is 41.6 Å². The Kier molecular flexibility index (Phi) is 5.38. The molecule has 1 aromatic carbocycles. The van der Waals surface area contributed by atoms with Gasteiger partial charge in [0, 0.05) is 30.8 Å². The molecule has 2 aliphatic rings. The number of carbonyl (C=O) groups excluding carboxylic acids is 2. The molecule has 1 aliphatic carbocycles. The van der Waals surface area contributed by atoms with Crippen LogP contribution in [-0.4, -0.2) is 48.4 Å². The van der Waals surface area contributed by atoms with Crippen molar-refractivity contribution in [3.8, 4) is 6.07 Å². The number of nitrogens with zero attached hydrogens (tertiary/aromatic N) is 2. The fourth-order valence-corrected chi connectivity index (χ4v) is 2.96. The van der Waals surface area contributed by atoms with Gasteiger partial charge in [-0.3, -0.25) is 9.59 Å². The minimum Gasteiger partial charge on any atom is -0.349 e. The van der Waals surface area contributed by atoms with Gasteiger partial charge in [-0.2, -0.15) is 5.26 Å². The summed E-state index contributed by atoms with van der Waals surface area (Å²) in [5.74, 6) is -0.328. The number of nitrogens with one attached hydrogen (secondary N) is 2. The Morgan fingerprint density at radius 1 is 1.23 bits per heavy atom. The van der Waals surface area contributed by atoms with Crippen LogP contribution in [0.3, 0.4) is 0 Å². The maximum Gasteiger partial charge on any atom is 0.251 e. The predicted molar refractivity (Wildman–Crippen MR) is 99.2 cm³/mol. The average Bonchev–Trinajstić information content (AvgIpc) is 3.46. The summed E-state index contributed by atoms with van der Waals surface area (Å²) in [6.45, 7) is 1.59. The molecule has 1 saturated carbocycles. The standard InChI is InChI=1S/C20H24N4O2/c1-24-12-10-20(14-21,11-13-24)23-18(25)9-4-15-2-5-16(6-3-15)19(26)22-17-7-8-17/h2-6,9,17H,7-8,10-13H2,1H3,(H,22,26)(H,23,25). The molecule has 0 radical (unpaired) electrons. The molecule has 2 fully saturated rings. The van der Waals surface area contributed by atoms with Crippen molar-refractivity contribution in [2.75, 3.05) is 20.1 Å². The number of benzene rings is 1. The van der Waals surface area contributed by atoms with Gasteiger partial charge in [0.05, 0.1) is 6.07 Å². The van der Waals surface area contributed by atoms with E-state index in [2.05, 4.69) is 21.6 Å². The molecule has 3 rings (SSSR count). The maximum atomic E-state index is 12.2. The summed E-state index contributed by atoms with van der Waals surface area (Å²) in [5, 5.41) is 15.3. The van der Waals surface area contributed by atoms with Crippen LogP contribution in [0.25, 0.3) is 6.08 Å². The lowest BCUT2D eigenvalue weighted by Crippen LogP contribution is -2.53. The highest BCUT2D eigenvalue weighted by atomic mass is 16.2. The van der Waals surface area contributed by atoms with Crippen LogP contribution in [0.5, 0.6) is 0 Å². The molecule has 26 heavy (non-hydrogen) atoms. The van der Waals surface area contributed by atoms with E-state index in [1.165, 1.54) is 6.08 Å². The van der Waals surface area contributed by atoms with Crippen LogP contribution < -0.4 is 10.6 Å². The summed E-state index contributed by atoms with van der Waals surface area (Å²) in [4.78, 5) is 26.3. The fourth-order valence-electron chi connectivity index (χ4n) is 2.96. The second-order valence-corrected chi connectivity index (χ2v) is 7.19. The Morgan fingerprint density at radius 2 is 1.88 bits per heavy atom. The van der Waals surface area contributed by atoms with Crippen LogP contribution in [0.4, 0.5) is 0 Å². The zero-order chi connectivity index (χ0) is 18.6. The molecule has 0 atom stereocenters. The van der Waals surface area contributed by atoms with E-state index in [1.54, 1.807) is 30.3 Å². The number of likely N-dealkylation sites (tertiary alicyclic amines) is 1. The topological polar surface area (TPSA) is 85.2 Å². The number of carbonyl (C=O) groups is 2. The van der Waals surface area contributed by atoms with E-state index in [0.29, 0.717) is 24.4 Å². The van der Waals surface area contributed by atoms with Gasteiger partial charge in [-0.05, 0) is 56.5 Å². The molecular weight excluding hydrogens is 328 g/mol. The molecular formula is C20H24N4O2. The van der Waals surface area contributed by atoms with E-state index in [1.807, 2.05) is 7.05 Å². The van der Waals surface area contributed by atoms with Gasteiger partial charge in [0.2, 0.25) is 5.91 Å². The third-order valence-corrected chi connectivity index (χ3v) is 4.93. The molecule has 1 aliphatic heterocycles. The van der Waals surface area contributed by atoms with Gasteiger partial charge in [0.15, 0.2) is 0 Å². The molecule has 136 valence electrons. The Labute approximate surface area is 153 Å². The molecule has 6 nitrogen and oxygen atoms in total. The van der Waals surface area contributed by atoms with Gasteiger partial charge in [0.1, 0.15) is 5.54 Å². The SMILES string of the molecule is CN1CCC(C#N)(NC(=O)C=Cc2ccc(C(=O)NC3CC3)cc2)CC1. The van der Waals surface area contributed by atoms with Crippen molar-refractivity contribution < 1.29 is 9.59 Å². The lowest BCUT2D eigenvalue weighted by molar-refractivity contribution is -0.118. The van der Waals surface area contributed by atoms with Crippen LogP contribution in [-0.2, 0) is 4.79 Å². The molecule has 2 N–H and O–H groups in total. The first-order valence-corrected chi connectivity index (χ1v) is 9.01. The van der Waals surface area contributed by atoms with Crippen LogP contribution in [0.2, 0.25) is 0 Å². The average molecular weight is 352 g/mol. The predicted octanol–water partition coefficient (Wildman–Crippen LogP) is 1.70. The number of hydrogen-bond acceptors (Lipinski definition) is 4. The number of rotatable bonds is 5. The molecule has 1 saturated heterocycles. The van der Waals surface area contributed by atoms with Crippen molar-refractivity contribution in [3.05, 3.63) is 41.5 Å². The van der Waals surface area contributed by atoms with Crippen molar-refractivity contribution >= 4 is 17.9 Å². The summed E-state index contributed by atoms with van der Waals surface area (Å²) in [6, 6.07) is 9.72. The van der Waals surface area contributed by atoms with Gasteiger partial charge in [-0.15, -0.1) is 0 Å². The molecule has 0 unspecified atom stereocenters. The molecule has 1 aromatic rings. The van der Waals surface area contributed by atoms with Crippen LogP contribution in [0.15, 0.2) is 30.3 Å². The smallest absolute Gasteiger partial charge is 0.251 e. The molecule has 1 heterocycles. The number of nitriles is 1. The molecule has 0 spiro atoms. The number of amides is 2. The first kappa shape index (κ1) is 18.2. The van der Waals surface area contributed by atoms with Gasteiger partial charge in [-0.25, -0.2) is 0 Å². The minimum atomic E-state index is -0.779. The molecule has 6 heteroatoms. The van der Waals surface area contributed by atoms with Crippen LogP contribution >= 0.6 is 0 Å². The summed E-state index contributed by atoms with van der Waals surface area (Å²) in [5.41, 5.74) is 0.671. The Morgan fingerprint density at radius 3 is 2.46 bits per heavy atom. The van der Waals surface area contributed by atoms with Gasteiger partial charge >= 0.3 is 0 Å². The summed E-state index contributed by atoms with van der Waals surface area (Å²) in [6.07, 6.45) is 6.51. The zero-order valence-electron chi connectivity index (χ0n) is 15.0. The van der Waals surface area contributed by atoms with E-state index in [4.69, 9.17) is 0 Å². The number of hydrogen-bond donors (Lipinski definition) is 2. The molecule has 0 aromatic heterocycles. The highest BCUT2D eigenvalue weighted by molar-refractivity contribution is 5.95. The second-order valence-electron chi connectivity index (χ2n) is 7.19. The zero-order valence-corrected chi connectivity index (χ0v) is 15.0. The molecule has 0 bridgehead atoms. The largest absolute Gasteiger partial charge is 0.349 e. The third kappa shape index (κ3) is 4.70. The minimum absolute atomic E-state index is 0.0565. The third-order valence-electron chi connectivity index (χ3n) is 4.93. The van der Waals surface area contributed by atoms with Gasteiger partial charge in [-0.1, -0.05) is 12.1 Å². The Balaban J connectivity index is 1.55. The summed E-state index contributed by atoms with van der Waals surface area (Å²) in [7, 11) is 2.01. The lowest BCUT2D eigenvalue weighted by Gasteiger charge is -2.35. The quantitative estimate of drug-likeness (QED) is 0.790. The van der Waals surface area contributed by atoms with Crippen molar-refractivity contribution in [1.82, 2.24) is 15.5 Å². The molecule has 2 amide bonds. The van der Waals surface area contributed by atoms with Crippen molar-refractivity contribution in [1.29, 1.82) is 5.26 Å². The highest BCUT2D eigenvalue weighted by Gasteiger charge is 2.34. The second kappa shape index (κ2) is 7.71. The normalized spacial score (nSPS) is 19.7. The van der Waals surface area contributed by atoms with Gasteiger partial charge < -0.3 is 15.5 Å². The number of piperidine rings is 1. The van der Waals surface area contributed by atoms with E-state index in [0.717, 1.165) is 31.5 Å². The van der Waals surface area contributed by atoms with E-state index < -0.39 is 5.54 Å². The highest BCUT2D eigenvalue weighted by Crippen LogP contribution is 2.21. The maximum absolute atomic E-state index is 12.2. The first-order valence-electron chi connectivity index (χ1n) is 9.01. The van der Waals surface area contributed by atoms with E-state index >= 15 is 0 Å². The van der Waals surface area contributed by atoms with E-state index in [9.17, 15) is 14.9 Å². The fraction of sp³-hybridized carbons (Fsp3) is 0.450. The summed E-state index contributed by atoms with van der Waals surface area (Å²) < 4.78 is 0. The van der Waals surface area contributed by atoms with Gasteiger partial charge in [0.25, 0.3) is 5.91 Å². The van der Waals surface area contributed by atoms with Crippen LogP contribution in [0, 0.1) is 11.3 Å². The van der Waals surface area contributed by atoms with E-state index in [-0.39, 0.29) is 11.8 Å². The summed E-state index contributed by atoms with van der Waals surface area (Å²) >= 11 is 0. The Hall–Kier alpha value is -2.65. The monoisotopic (exact) mass is 352 g/mol.